The van der Waals surface area contributed by atoms with Crippen molar-refractivity contribution >= 4 is 27.5 Å². The lowest BCUT2D eigenvalue weighted by Gasteiger charge is -2.18. The SMILES string of the molecule is O=C(Nc1cccc(Br)c1)C(c1ccccc1)c1ccccc1. The van der Waals surface area contributed by atoms with Gasteiger partial charge in [-0.05, 0) is 29.3 Å². The molecule has 0 saturated carbocycles. The van der Waals surface area contributed by atoms with Crippen LogP contribution in [0.5, 0.6) is 0 Å². The molecule has 0 spiro atoms. The van der Waals surface area contributed by atoms with Crippen molar-refractivity contribution in [1.29, 1.82) is 0 Å². The van der Waals surface area contributed by atoms with Gasteiger partial charge in [0, 0.05) is 10.2 Å². The van der Waals surface area contributed by atoms with E-state index in [4.69, 9.17) is 0 Å². The highest BCUT2D eigenvalue weighted by atomic mass is 79.9. The van der Waals surface area contributed by atoms with Crippen LogP contribution < -0.4 is 5.32 Å². The Morgan fingerprint density at radius 3 is 1.87 bits per heavy atom. The van der Waals surface area contributed by atoms with E-state index in [0.29, 0.717) is 0 Å². The molecule has 2 nitrogen and oxygen atoms in total. The van der Waals surface area contributed by atoms with Gasteiger partial charge >= 0.3 is 0 Å². The van der Waals surface area contributed by atoms with E-state index in [2.05, 4.69) is 21.2 Å². The summed E-state index contributed by atoms with van der Waals surface area (Å²) < 4.78 is 0.936. The molecule has 3 heteroatoms. The second kappa shape index (κ2) is 7.25. The zero-order valence-electron chi connectivity index (χ0n) is 12.4. The molecule has 1 amide bonds. The fourth-order valence-electron chi connectivity index (χ4n) is 2.57. The van der Waals surface area contributed by atoms with Crippen LogP contribution in [0.25, 0.3) is 0 Å². The van der Waals surface area contributed by atoms with Gasteiger partial charge in [0.25, 0.3) is 0 Å². The molecule has 1 N–H and O–H groups in total. The Balaban J connectivity index is 1.94. The second-order valence-electron chi connectivity index (χ2n) is 5.25. The van der Waals surface area contributed by atoms with Crippen LogP contribution in [0, 0.1) is 0 Å². The summed E-state index contributed by atoms with van der Waals surface area (Å²) >= 11 is 3.43. The first-order chi connectivity index (χ1) is 11.2. The van der Waals surface area contributed by atoms with E-state index in [9.17, 15) is 4.79 Å². The van der Waals surface area contributed by atoms with Gasteiger partial charge < -0.3 is 5.32 Å². The molecule has 3 rings (SSSR count). The number of halogens is 1. The van der Waals surface area contributed by atoms with Gasteiger partial charge in [-0.2, -0.15) is 0 Å². The summed E-state index contributed by atoms with van der Waals surface area (Å²) in [7, 11) is 0. The van der Waals surface area contributed by atoms with Crippen molar-refractivity contribution in [2.45, 2.75) is 5.92 Å². The molecule has 0 aliphatic carbocycles. The first-order valence-corrected chi connectivity index (χ1v) is 8.19. The Morgan fingerprint density at radius 2 is 1.35 bits per heavy atom. The third kappa shape index (κ3) is 3.88. The van der Waals surface area contributed by atoms with Crippen LogP contribution in [0.4, 0.5) is 5.69 Å². The first-order valence-electron chi connectivity index (χ1n) is 7.40. The average Bonchev–Trinajstić information content (AvgIpc) is 2.57. The third-order valence-electron chi connectivity index (χ3n) is 3.62. The van der Waals surface area contributed by atoms with Crippen LogP contribution >= 0.6 is 15.9 Å². The molecule has 3 aromatic rings. The van der Waals surface area contributed by atoms with Crippen LogP contribution in [0.2, 0.25) is 0 Å². The van der Waals surface area contributed by atoms with Crippen molar-refractivity contribution in [2.75, 3.05) is 5.32 Å². The van der Waals surface area contributed by atoms with Gasteiger partial charge in [0.2, 0.25) is 5.91 Å². The first kappa shape index (κ1) is 15.5. The van der Waals surface area contributed by atoms with Crippen molar-refractivity contribution in [2.24, 2.45) is 0 Å². The molecule has 0 heterocycles. The topological polar surface area (TPSA) is 29.1 Å². The van der Waals surface area contributed by atoms with Gasteiger partial charge in [-0.15, -0.1) is 0 Å². The van der Waals surface area contributed by atoms with E-state index >= 15 is 0 Å². The van der Waals surface area contributed by atoms with E-state index < -0.39 is 0 Å². The molecule has 0 bridgehead atoms. The number of benzene rings is 3. The van der Waals surface area contributed by atoms with E-state index in [1.54, 1.807) is 0 Å². The summed E-state index contributed by atoms with van der Waals surface area (Å²) in [6.45, 7) is 0. The average molecular weight is 366 g/mol. The molecule has 0 aliphatic rings. The maximum Gasteiger partial charge on any atom is 0.236 e. The van der Waals surface area contributed by atoms with E-state index in [0.717, 1.165) is 21.3 Å². The molecule has 3 aromatic carbocycles. The summed E-state index contributed by atoms with van der Waals surface area (Å²) in [5.41, 5.74) is 2.73. The summed E-state index contributed by atoms with van der Waals surface area (Å²) in [6.07, 6.45) is 0. The second-order valence-corrected chi connectivity index (χ2v) is 6.17. The lowest BCUT2D eigenvalue weighted by Crippen LogP contribution is -2.22. The molecule has 23 heavy (non-hydrogen) atoms. The Kier molecular flexibility index (Phi) is 4.89. The Labute approximate surface area is 144 Å². The van der Waals surface area contributed by atoms with Gasteiger partial charge in [0.1, 0.15) is 0 Å². The van der Waals surface area contributed by atoms with E-state index in [1.165, 1.54) is 0 Å². The van der Waals surface area contributed by atoms with Gasteiger partial charge in [0.05, 0.1) is 5.92 Å². The van der Waals surface area contributed by atoms with Gasteiger partial charge in [-0.3, -0.25) is 4.79 Å². The smallest absolute Gasteiger partial charge is 0.236 e. The molecule has 0 aromatic heterocycles. The third-order valence-corrected chi connectivity index (χ3v) is 4.11. The molecule has 0 radical (unpaired) electrons. The monoisotopic (exact) mass is 365 g/mol. The predicted molar refractivity (Wildman–Crippen MR) is 97.5 cm³/mol. The highest BCUT2D eigenvalue weighted by Crippen LogP contribution is 2.26. The van der Waals surface area contributed by atoms with Crippen molar-refractivity contribution in [3.8, 4) is 0 Å². The zero-order chi connectivity index (χ0) is 16.1. The van der Waals surface area contributed by atoms with Crippen LogP contribution in [0.3, 0.4) is 0 Å². The Bertz CT molecular complexity index is 748. The highest BCUT2D eigenvalue weighted by molar-refractivity contribution is 9.10. The standard InChI is InChI=1S/C20H16BrNO/c21-17-12-7-13-18(14-17)22-20(23)19(15-8-3-1-4-9-15)16-10-5-2-6-11-16/h1-14,19H,(H,22,23). The van der Waals surface area contributed by atoms with Gasteiger partial charge in [-0.1, -0.05) is 82.7 Å². The Hall–Kier alpha value is -2.39. The minimum absolute atomic E-state index is 0.0412. The van der Waals surface area contributed by atoms with Crippen molar-refractivity contribution < 1.29 is 4.79 Å². The zero-order valence-corrected chi connectivity index (χ0v) is 14.0. The number of nitrogens with one attached hydrogen (secondary N) is 1. The maximum absolute atomic E-state index is 12.9. The molecule has 0 unspecified atom stereocenters. The molecule has 0 atom stereocenters. The lowest BCUT2D eigenvalue weighted by molar-refractivity contribution is -0.116. The van der Waals surface area contributed by atoms with Crippen molar-refractivity contribution in [3.05, 3.63) is 101 Å². The van der Waals surface area contributed by atoms with Crippen LogP contribution in [0.15, 0.2) is 89.4 Å². The van der Waals surface area contributed by atoms with E-state index in [-0.39, 0.29) is 11.8 Å². The predicted octanol–water partition coefficient (Wildman–Crippen LogP) is 5.22. The molecule has 0 saturated heterocycles. The molecular formula is C20H16BrNO. The normalized spacial score (nSPS) is 10.5. The Morgan fingerprint density at radius 1 is 0.783 bits per heavy atom. The fraction of sp³-hybridized carbons (Fsp3) is 0.0500. The fourth-order valence-corrected chi connectivity index (χ4v) is 2.97. The summed E-state index contributed by atoms with van der Waals surface area (Å²) in [6, 6.07) is 27.3. The molecular weight excluding hydrogens is 350 g/mol. The number of hydrogen-bond donors (Lipinski definition) is 1. The minimum Gasteiger partial charge on any atom is -0.325 e. The maximum atomic E-state index is 12.9. The van der Waals surface area contributed by atoms with Crippen LogP contribution in [0.1, 0.15) is 17.0 Å². The molecule has 0 fully saturated rings. The summed E-state index contributed by atoms with van der Waals surface area (Å²) in [4.78, 5) is 12.9. The van der Waals surface area contributed by atoms with Crippen LogP contribution in [-0.4, -0.2) is 5.91 Å². The van der Waals surface area contributed by atoms with Crippen LogP contribution in [-0.2, 0) is 4.79 Å². The highest BCUT2D eigenvalue weighted by Gasteiger charge is 2.22. The summed E-state index contributed by atoms with van der Waals surface area (Å²) in [5, 5.41) is 3.01. The van der Waals surface area contributed by atoms with Gasteiger partial charge in [0.15, 0.2) is 0 Å². The minimum atomic E-state index is -0.337. The number of rotatable bonds is 4. The summed E-state index contributed by atoms with van der Waals surface area (Å²) in [5.74, 6) is -0.378. The number of carbonyl (C=O) groups is 1. The largest absolute Gasteiger partial charge is 0.325 e. The van der Waals surface area contributed by atoms with Gasteiger partial charge in [-0.25, -0.2) is 0 Å². The van der Waals surface area contributed by atoms with Crippen molar-refractivity contribution in [1.82, 2.24) is 0 Å². The number of amides is 1. The molecule has 114 valence electrons. The molecule has 0 aliphatic heterocycles. The lowest BCUT2D eigenvalue weighted by atomic mass is 9.90. The van der Waals surface area contributed by atoms with E-state index in [1.807, 2.05) is 84.9 Å². The quantitative estimate of drug-likeness (QED) is 0.674. The number of hydrogen-bond acceptors (Lipinski definition) is 1. The van der Waals surface area contributed by atoms with Crippen molar-refractivity contribution in [3.63, 3.8) is 0 Å². The number of carbonyl (C=O) groups excluding carboxylic acids is 1. The number of anilines is 1.